The molecule has 0 aromatic heterocycles. The van der Waals surface area contributed by atoms with Crippen molar-refractivity contribution in [2.45, 2.75) is 329 Å². The SMILES string of the molecule is CC/C=C\C/C=C\C/C=C\C/C=C\CCCCCCCCC(=O)OC(COC(=O)CCCCCCC/C=C\C/C=C\CCCCCC)COC(=O)CCCCCCCCCCCCCCCCCCCCCCC. The van der Waals surface area contributed by atoms with Crippen LogP contribution in [0.3, 0.4) is 0 Å². The van der Waals surface area contributed by atoms with Crippen molar-refractivity contribution in [1.82, 2.24) is 0 Å². The van der Waals surface area contributed by atoms with Gasteiger partial charge in [-0.25, -0.2) is 0 Å². The van der Waals surface area contributed by atoms with Gasteiger partial charge < -0.3 is 14.2 Å². The van der Waals surface area contributed by atoms with Crippen molar-refractivity contribution in [2.24, 2.45) is 0 Å². The van der Waals surface area contributed by atoms with E-state index in [4.69, 9.17) is 14.2 Å². The summed E-state index contributed by atoms with van der Waals surface area (Å²) in [6, 6.07) is 0. The highest BCUT2D eigenvalue weighted by Gasteiger charge is 2.19. The Morgan fingerprint density at radius 2 is 0.527 bits per heavy atom. The topological polar surface area (TPSA) is 78.9 Å². The van der Waals surface area contributed by atoms with Crippen molar-refractivity contribution in [3.05, 3.63) is 72.9 Å². The van der Waals surface area contributed by atoms with Crippen molar-refractivity contribution in [1.29, 1.82) is 0 Å². The number of carbonyl (C=O) groups is 3. The number of rotatable bonds is 58. The molecule has 0 saturated carbocycles. The fraction of sp³-hybridized carbons (Fsp3) is 0.779. The lowest BCUT2D eigenvalue weighted by Crippen LogP contribution is -2.30. The molecule has 0 spiro atoms. The Kier molecular flexibility index (Phi) is 59.7. The largest absolute Gasteiger partial charge is 0.462 e. The first kappa shape index (κ1) is 70.8. The summed E-state index contributed by atoms with van der Waals surface area (Å²) in [5, 5.41) is 0. The summed E-state index contributed by atoms with van der Waals surface area (Å²) in [6.07, 6.45) is 80.4. The molecule has 1 atom stereocenters. The minimum Gasteiger partial charge on any atom is -0.462 e. The van der Waals surface area contributed by atoms with Crippen LogP contribution in [-0.4, -0.2) is 37.2 Å². The zero-order valence-corrected chi connectivity index (χ0v) is 49.1. The van der Waals surface area contributed by atoms with E-state index in [1.165, 1.54) is 167 Å². The highest BCUT2D eigenvalue weighted by atomic mass is 16.6. The molecule has 0 aromatic carbocycles. The quantitative estimate of drug-likeness (QED) is 0.0261. The van der Waals surface area contributed by atoms with Gasteiger partial charge >= 0.3 is 17.9 Å². The fourth-order valence-electron chi connectivity index (χ4n) is 9.17. The first-order valence-corrected chi connectivity index (χ1v) is 31.9. The average Bonchev–Trinajstić information content (AvgIpc) is 3.40. The lowest BCUT2D eigenvalue weighted by atomic mass is 10.0. The zero-order valence-electron chi connectivity index (χ0n) is 49.1. The Morgan fingerprint density at radius 1 is 0.284 bits per heavy atom. The maximum atomic E-state index is 12.9. The van der Waals surface area contributed by atoms with E-state index >= 15 is 0 Å². The van der Waals surface area contributed by atoms with Gasteiger partial charge in [-0.2, -0.15) is 0 Å². The standard InChI is InChI=1S/C68H120O6/c1-4-7-10-13-16-19-22-25-28-31-33-34-36-37-40-43-46-49-52-55-58-61-67(70)73-64-65(63-72-66(69)60-57-54-51-48-45-42-39-30-27-24-21-18-15-12-9-6-3)74-68(71)62-59-56-53-50-47-44-41-38-35-32-29-26-23-20-17-14-11-8-5-2/h8,11,17,20-21,24,26,29-30,35,38-39,65H,4-7,9-10,12-16,18-19,22-23,25,27-28,31-34,36-37,40-64H2,1-3H3/b11-8-,20-17-,24-21-,29-26-,38-35-,39-30-. The van der Waals surface area contributed by atoms with E-state index in [2.05, 4.69) is 93.7 Å². The van der Waals surface area contributed by atoms with E-state index in [0.29, 0.717) is 19.3 Å². The molecule has 1 unspecified atom stereocenters. The van der Waals surface area contributed by atoms with Crippen LogP contribution in [0.2, 0.25) is 0 Å². The maximum absolute atomic E-state index is 12.9. The molecule has 428 valence electrons. The molecule has 0 saturated heterocycles. The summed E-state index contributed by atoms with van der Waals surface area (Å²) >= 11 is 0. The first-order chi connectivity index (χ1) is 36.5. The van der Waals surface area contributed by atoms with Crippen LogP contribution in [0, 0.1) is 0 Å². The number of carbonyl (C=O) groups excluding carboxylic acids is 3. The van der Waals surface area contributed by atoms with Gasteiger partial charge in [0, 0.05) is 19.3 Å². The van der Waals surface area contributed by atoms with Gasteiger partial charge in [0.1, 0.15) is 13.2 Å². The second kappa shape index (κ2) is 62.4. The van der Waals surface area contributed by atoms with Crippen LogP contribution in [0.25, 0.3) is 0 Å². The average molecular weight is 1030 g/mol. The highest BCUT2D eigenvalue weighted by molar-refractivity contribution is 5.71. The Hall–Kier alpha value is -3.15. The minimum atomic E-state index is -0.789. The molecule has 6 nitrogen and oxygen atoms in total. The second-order valence-electron chi connectivity index (χ2n) is 21.3. The van der Waals surface area contributed by atoms with Gasteiger partial charge in [-0.3, -0.25) is 14.4 Å². The molecule has 0 rings (SSSR count). The lowest BCUT2D eigenvalue weighted by molar-refractivity contribution is -0.167. The Labute approximate surface area is 459 Å². The third kappa shape index (κ3) is 59.7. The Bertz CT molecular complexity index is 1370. The number of allylic oxidation sites excluding steroid dienone is 12. The molecule has 6 heteroatoms. The van der Waals surface area contributed by atoms with E-state index in [0.717, 1.165) is 116 Å². The number of unbranched alkanes of at least 4 members (excludes halogenated alkanes) is 35. The summed E-state index contributed by atoms with van der Waals surface area (Å²) in [5.74, 6) is -0.895. The molecule has 0 heterocycles. The molecular weight excluding hydrogens is 913 g/mol. The van der Waals surface area contributed by atoms with Crippen LogP contribution in [0.4, 0.5) is 0 Å². The first-order valence-electron chi connectivity index (χ1n) is 31.9. The van der Waals surface area contributed by atoms with E-state index in [9.17, 15) is 14.4 Å². The number of ether oxygens (including phenoxy) is 3. The van der Waals surface area contributed by atoms with E-state index in [-0.39, 0.29) is 31.1 Å². The molecule has 74 heavy (non-hydrogen) atoms. The van der Waals surface area contributed by atoms with Crippen molar-refractivity contribution < 1.29 is 28.6 Å². The molecule has 0 aliphatic heterocycles. The fourth-order valence-corrected chi connectivity index (χ4v) is 9.17. The summed E-state index contributed by atoms with van der Waals surface area (Å²) in [4.78, 5) is 38.3. The van der Waals surface area contributed by atoms with Gasteiger partial charge in [0.25, 0.3) is 0 Å². The minimum absolute atomic E-state index is 0.0832. The monoisotopic (exact) mass is 1030 g/mol. The van der Waals surface area contributed by atoms with Gasteiger partial charge in [0.2, 0.25) is 0 Å². The molecule has 0 aliphatic rings. The van der Waals surface area contributed by atoms with Crippen LogP contribution in [0.15, 0.2) is 72.9 Å². The summed E-state index contributed by atoms with van der Waals surface area (Å²) in [7, 11) is 0. The summed E-state index contributed by atoms with van der Waals surface area (Å²) < 4.78 is 16.9. The highest BCUT2D eigenvalue weighted by Crippen LogP contribution is 2.17. The van der Waals surface area contributed by atoms with Crippen LogP contribution in [-0.2, 0) is 28.6 Å². The Morgan fingerprint density at radius 3 is 0.838 bits per heavy atom. The normalized spacial score (nSPS) is 12.5. The second-order valence-corrected chi connectivity index (χ2v) is 21.3. The maximum Gasteiger partial charge on any atom is 0.306 e. The predicted molar refractivity (Wildman–Crippen MR) is 321 cm³/mol. The third-order valence-electron chi connectivity index (χ3n) is 13.9. The lowest BCUT2D eigenvalue weighted by Gasteiger charge is -2.18. The van der Waals surface area contributed by atoms with Gasteiger partial charge in [-0.15, -0.1) is 0 Å². The van der Waals surface area contributed by atoms with Gasteiger partial charge in [-0.05, 0) is 89.9 Å². The van der Waals surface area contributed by atoms with Gasteiger partial charge in [0.05, 0.1) is 0 Å². The van der Waals surface area contributed by atoms with Gasteiger partial charge in [-0.1, -0.05) is 286 Å². The van der Waals surface area contributed by atoms with Crippen LogP contribution >= 0.6 is 0 Å². The molecule has 0 amide bonds. The molecule has 0 bridgehead atoms. The molecule has 0 N–H and O–H groups in total. The molecule has 0 aliphatic carbocycles. The van der Waals surface area contributed by atoms with Crippen molar-refractivity contribution >= 4 is 17.9 Å². The number of esters is 3. The molecule has 0 aromatic rings. The van der Waals surface area contributed by atoms with Gasteiger partial charge in [0.15, 0.2) is 6.10 Å². The molecule has 0 radical (unpaired) electrons. The summed E-state index contributed by atoms with van der Waals surface area (Å²) in [5.41, 5.74) is 0. The summed E-state index contributed by atoms with van der Waals surface area (Å²) in [6.45, 7) is 6.53. The van der Waals surface area contributed by atoms with E-state index in [1.54, 1.807) is 0 Å². The van der Waals surface area contributed by atoms with Crippen LogP contribution in [0.1, 0.15) is 323 Å². The van der Waals surface area contributed by atoms with Crippen LogP contribution in [0.5, 0.6) is 0 Å². The number of hydrogen-bond acceptors (Lipinski definition) is 6. The number of hydrogen-bond donors (Lipinski definition) is 0. The van der Waals surface area contributed by atoms with Crippen LogP contribution < -0.4 is 0 Å². The third-order valence-corrected chi connectivity index (χ3v) is 13.9. The molecular formula is C68H120O6. The predicted octanol–water partition coefficient (Wildman–Crippen LogP) is 21.7. The van der Waals surface area contributed by atoms with E-state index in [1.807, 2.05) is 0 Å². The van der Waals surface area contributed by atoms with Crippen molar-refractivity contribution in [3.63, 3.8) is 0 Å². The Balaban J connectivity index is 4.38. The molecule has 0 fully saturated rings. The smallest absolute Gasteiger partial charge is 0.306 e. The van der Waals surface area contributed by atoms with E-state index < -0.39 is 6.10 Å². The van der Waals surface area contributed by atoms with Crippen molar-refractivity contribution in [3.8, 4) is 0 Å². The van der Waals surface area contributed by atoms with Crippen molar-refractivity contribution in [2.75, 3.05) is 13.2 Å². The zero-order chi connectivity index (χ0) is 53.6.